The van der Waals surface area contributed by atoms with Crippen LogP contribution in [0.4, 0.5) is 0 Å². The SMILES string of the molecule is Clc1ccc(-c2nc([P+](c3ccccc3)(c3ccccc3)c3ccccc3)c(Cl)o2)cc1. The Kier molecular flexibility index (Phi) is 5.85. The fourth-order valence-electron chi connectivity index (χ4n) is 3.99. The third kappa shape index (κ3) is 3.65. The second-order valence-electron chi connectivity index (χ2n) is 7.30. The van der Waals surface area contributed by atoms with E-state index in [0.29, 0.717) is 16.1 Å². The first-order valence-electron chi connectivity index (χ1n) is 10.2. The van der Waals surface area contributed by atoms with Crippen LogP contribution in [-0.2, 0) is 0 Å². The molecular formula is C27H19Cl2NOP+. The quantitative estimate of drug-likeness (QED) is 0.280. The highest BCUT2D eigenvalue weighted by molar-refractivity contribution is 8.01. The van der Waals surface area contributed by atoms with Gasteiger partial charge < -0.3 is 4.42 Å². The van der Waals surface area contributed by atoms with Crippen LogP contribution in [0.1, 0.15) is 0 Å². The van der Waals surface area contributed by atoms with Crippen molar-refractivity contribution in [2.75, 3.05) is 0 Å². The van der Waals surface area contributed by atoms with E-state index in [2.05, 4.69) is 72.8 Å². The van der Waals surface area contributed by atoms with E-state index in [1.807, 2.05) is 42.5 Å². The van der Waals surface area contributed by atoms with Crippen LogP contribution in [0.15, 0.2) is 120 Å². The zero-order chi connectivity index (χ0) is 22.0. The maximum absolute atomic E-state index is 6.83. The molecule has 0 unspecified atom stereocenters. The number of rotatable bonds is 5. The van der Waals surface area contributed by atoms with Gasteiger partial charge >= 0.3 is 0 Å². The smallest absolute Gasteiger partial charge is 0.259 e. The molecule has 0 amide bonds. The van der Waals surface area contributed by atoms with Gasteiger partial charge in [0, 0.05) is 10.6 Å². The minimum Gasteiger partial charge on any atom is -0.420 e. The summed E-state index contributed by atoms with van der Waals surface area (Å²) in [5, 5.41) is 4.45. The number of halogens is 2. The number of nitrogens with zero attached hydrogens (tertiary/aromatic N) is 1. The molecular weight excluding hydrogens is 456 g/mol. The van der Waals surface area contributed by atoms with Crippen LogP contribution in [0.3, 0.4) is 0 Å². The molecule has 4 aromatic carbocycles. The summed E-state index contributed by atoms with van der Waals surface area (Å²) < 4.78 is 6.05. The van der Waals surface area contributed by atoms with Gasteiger partial charge in [0.05, 0.1) is 0 Å². The largest absolute Gasteiger partial charge is 0.420 e. The first kappa shape index (κ1) is 21.0. The molecule has 0 aliphatic carbocycles. The Morgan fingerprint density at radius 2 is 1.00 bits per heavy atom. The number of benzene rings is 4. The third-order valence-electron chi connectivity index (χ3n) is 5.41. The summed E-state index contributed by atoms with van der Waals surface area (Å²) in [5.41, 5.74) is 1.59. The van der Waals surface area contributed by atoms with E-state index in [-0.39, 0.29) is 0 Å². The van der Waals surface area contributed by atoms with Gasteiger partial charge in [0.25, 0.3) is 10.7 Å². The standard InChI is InChI=1S/C27H19Cl2NOP/c28-21-18-16-20(17-19-21)26-30-27(25(29)31-26)32(22-10-4-1-5-11-22,23-12-6-2-7-13-23)24-14-8-3-9-15-24/h1-19H/q+1. The van der Waals surface area contributed by atoms with Gasteiger partial charge in [-0.1, -0.05) is 66.2 Å². The average molecular weight is 475 g/mol. The Bertz CT molecular complexity index is 1220. The lowest BCUT2D eigenvalue weighted by molar-refractivity contribution is 0.577. The monoisotopic (exact) mass is 474 g/mol. The van der Waals surface area contributed by atoms with E-state index >= 15 is 0 Å². The van der Waals surface area contributed by atoms with Crippen molar-refractivity contribution in [2.45, 2.75) is 0 Å². The third-order valence-corrected chi connectivity index (χ3v) is 10.2. The van der Waals surface area contributed by atoms with Crippen molar-refractivity contribution in [2.24, 2.45) is 0 Å². The summed E-state index contributed by atoms with van der Waals surface area (Å²) in [6.07, 6.45) is 0. The summed E-state index contributed by atoms with van der Waals surface area (Å²) in [4.78, 5) is 5.02. The van der Waals surface area contributed by atoms with Gasteiger partial charge in [-0.15, -0.1) is 0 Å². The Hall–Kier alpha value is -2.90. The van der Waals surface area contributed by atoms with Gasteiger partial charge in [0.15, 0.2) is 7.26 Å². The molecule has 0 fully saturated rings. The minimum atomic E-state index is -2.42. The molecule has 5 aromatic rings. The summed E-state index contributed by atoms with van der Waals surface area (Å²) >= 11 is 12.9. The summed E-state index contributed by atoms with van der Waals surface area (Å²) in [6, 6.07) is 38.8. The molecule has 0 N–H and O–H groups in total. The molecule has 0 aliphatic heterocycles. The molecule has 0 spiro atoms. The van der Waals surface area contributed by atoms with Crippen molar-refractivity contribution in [3.63, 3.8) is 0 Å². The van der Waals surface area contributed by atoms with Crippen LogP contribution < -0.4 is 21.3 Å². The zero-order valence-corrected chi connectivity index (χ0v) is 19.4. The van der Waals surface area contributed by atoms with E-state index in [0.717, 1.165) is 26.9 Å². The van der Waals surface area contributed by atoms with Crippen molar-refractivity contribution in [3.8, 4) is 11.5 Å². The molecule has 0 saturated carbocycles. The Labute approximate surface area is 197 Å². The van der Waals surface area contributed by atoms with Crippen molar-refractivity contribution < 1.29 is 4.42 Å². The van der Waals surface area contributed by atoms with Crippen molar-refractivity contribution in [1.82, 2.24) is 4.98 Å². The van der Waals surface area contributed by atoms with Gasteiger partial charge in [-0.05, 0) is 72.3 Å². The maximum atomic E-state index is 6.83. The van der Waals surface area contributed by atoms with Crippen LogP contribution in [0.25, 0.3) is 11.5 Å². The molecule has 0 aliphatic rings. The van der Waals surface area contributed by atoms with Gasteiger partial charge in [0.2, 0.25) is 5.89 Å². The molecule has 1 aromatic heterocycles. The molecule has 5 heteroatoms. The van der Waals surface area contributed by atoms with E-state index in [4.69, 9.17) is 32.6 Å². The maximum Gasteiger partial charge on any atom is 0.259 e. The molecule has 0 atom stereocenters. The van der Waals surface area contributed by atoms with E-state index < -0.39 is 7.26 Å². The van der Waals surface area contributed by atoms with Gasteiger partial charge in [-0.2, -0.15) is 4.98 Å². The number of oxazole rings is 1. The Morgan fingerprint density at radius 3 is 1.44 bits per heavy atom. The predicted octanol–water partition coefficient (Wildman–Crippen LogP) is 6.27. The van der Waals surface area contributed by atoms with Gasteiger partial charge in [-0.25, -0.2) is 0 Å². The molecule has 1 heterocycles. The Morgan fingerprint density at radius 1 is 0.562 bits per heavy atom. The topological polar surface area (TPSA) is 26.0 Å². The molecule has 0 saturated heterocycles. The second kappa shape index (κ2) is 8.92. The molecule has 156 valence electrons. The van der Waals surface area contributed by atoms with Crippen LogP contribution in [0.2, 0.25) is 10.2 Å². The predicted molar refractivity (Wildman–Crippen MR) is 137 cm³/mol. The number of aromatic nitrogens is 1. The first-order valence-corrected chi connectivity index (χ1v) is 12.7. The van der Waals surface area contributed by atoms with Crippen LogP contribution >= 0.6 is 30.5 Å². The van der Waals surface area contributed by atoms with Gasteiger partial charge in [0.1, 0.15) is 15.9 Å². The van der Waals surface area contributed by atoms with Crippen LogP contribution in [0, 0.1) is 0 Å². The van der Waals surface area contributed by atoms with Crippen molar-refractivity contribution >= 4 is 51.8 Å². The Balaban J connectivity index is 1.84. The highest BCUT2D eigenvalue weighted by Crippen LogP contribution is 2.55. The normalized spacial score (nSPS) is 11.4. The molecule has 32 heavy (non-hydrogen) atoms. The summed E-state index contributed by atoms with van der Waals surface area (Å²) in [6.45, 7) is 0. The zero-order valence-electron chi connectivity index (χ0n) is 17.0. The summed E-state index contributed by atoms with van der Waals surface area (Å²) in [7, 11) is -2.42. The summed E-state index contributed by atoms with van der Waals surface area (Å²) in [5.74, 6) is 0.480. The highest BCUT2D eigenvalue weighted by Gasteiger charge is 2.52. The van der Waals surface area contributed by atoms with E-state index in [1.165, 1.54) is 0 Å². The molecule has 2 nitrogen and oxygen atoms in total. The fraction of sp³-hybridized carbons (Fsp3) is 0. The lowest BCUT2D eigenvalue weighted by atomic mass is 10.2. The fourth-order valence-corrected chi connectivity index (χ4v) is 8.64. The van der Waals surface area contributed by atoms with E-state index in [1.54, 1.807) is 0 Å². The second-order valence-corrected chi connectivity index (χ2v) is 11.4. The molecule has 0 bridgehead atoms. The minimum absolute atomic E-state index is 0.305. The number of hydrogen-bond donors (Lipinski definition) is 0. The average Bonchev–Trinajstić information content (AvgIpc) is 3.24. The van der Waals surface area contributed by atoms with Crippen molar-refractivity contribution in [3.05, 3.63) is 126 Å². The lowest BCUT2D eigenvalue weighted by Gasteiger charge is -2.25. The van der Waals surface area contributed by atoms with Crippen LogP contribution in [-0.4, -0.2) is 4.98 Å². The van der Waals surface area contributed by atoms with Crippen LogP contribution in [0.5, 0.6) is 0 Å². The molecule has 5 rings (SSSR count). The van der Waals surface area contributed by atoms with E-state index in [9.17, 15) is 0 Å². The lowest BCUT2D eigenvalue weighted by Crippen LogP contribution is -2.39. The number of hydrogen-bond acceptors (Lipinski definition) is 2. The van der Waals surface area contributed by atoms with Crippen molar-refractivity contribution in [1.29, 1.82) is 0 Å². The molecule has 0 radical (unpaired) electrons. The van der Waals surface area contributed by atoms with Gasteiger partial charge in [-0.3, -0.25) is 0 Å². The highest BCUT2D eigenvalue weighted by atomic mass is 35.5. The first-order chi connectivity index (χ1) is 15.7.